The average Bonchev–Trinajstić information content (AvgIpc) is 2.89. The standard InChI is InChI=1S/C14H18N2OS/c15-9-13(14-4-1-7-17-14)16(11-5-6-11)10-12-3-2-8-18-12/h1-4,7-8,11,13H,5-6,9-10,15H2. The number of nitrogens with two attached hydrogens (primary N) is 1. The smallest absolute Gasteiger partial charge is 0.122 e. The van der Waals surface area contributed by atoms with Crippen LogP contribution in [0.5, 0.6) is 0 Å². The quantitative estimate of drug-likeness (QED) is 0.870. The minimum Gasteiger partial charge on any atom is -0.468 e. The van der Waals surface area contributed by atoms with E-state index in [1.807, 2.05) is 23.5 Å². The minimum absolute atomic E-state index is 0.203. The largest absolute Gasteiger partial charge is 0.468 e. The van der Waals surface area contributed by atoms with Gasteiger partial charge in [-0.2, -0.15) is 0 Å². The highest BCUT2D eigenvalue weighted by atomic mass is 32.1. The lowest BCUT2D eigenvalue weighted by Crippen LogP contribution is -2.34. The third-order valence-corrected chi connectivity index (χ3v) is 4.29. The Hall–Kier alpha value is -1.10. The molecule has 2 N–H and O–H groups in total. The van der Waals surface area contributed by atoms with Crippen molar-refractivity contribution in [1.82, 2.24) is 4.90 Å². The summed E-state index contributed by atoms with van der Waals surface area (Å²) in [7, 11) is 0. The van der Waals surface area contributed by atoms with Crippen molar-refractivity contribution < 1.29 is 4.42 Å². The minimum atomic E-state index is 0.203. The van der Waals surface area contributed by atoms with Crippen LogP contribution in [0.3, 0.4) is 0 Å². The monoisotopic (exact) mass is 262 g/mol. The number of furan rings is 1. The molecule has 1 aliphatic rings. The summed E-state index contributed by atoms with van der Waals surface area (Å²) in [4.78, 5) is 3.89. The first-order valence-corrected chi connectivity index (χ1v) is 7.28. The lowest BCUT2D eigenvalue weighted by molar-refractivity contribution is 0.162. The fraction of sp³-hybridized carbons (Fsp3) is 0.429. The molecule has 0 saturated heterocycles. The molecule has 4 heteroatoms. The summed E-state index contributed by atoms with van der Waals surface area (Å²) >= 11 is 1.81. The van der Waals surface area contributed by atoms with Crippen molar-refractivity contribution in [2.75, 3.05) is 6.54 Å². The van der Waals surface area contributed by atoms with Gasteiger partial charge in [0.25, 0.3) is 0 Å². The Bertz CT molecular complexity index is 462. The van der Waals surface area contributed by atoms with Crippen LogP contribution in [-0.4, -0.2) is 17.5 Å². The first-order valence-electron chi connectivity index (χ1n) is 6.40. The zero-order valence-electron chi connectivity index (χ0n) is 10.3. The molecule has 0 bridgehead atoms. The van der Waals surface area contributed by atoms with E-state index in [0.717, 1.165) is 12.3 Å². The lowest BCUT2D eigenvalue weighted by Gasteiger charge is -2.29. The molecule has 3 rings (SSSR count). The maximum atomic E-state index is 5.96. The molecular weight excluding hydrogens is 244 g/mol. The molecule has 2 aromatic rings. The van der Waals surface area contributed by atoms with Crippen molar-refractivity contribution in [1.29, 1.82) is 0 Å². The topological polar surface area (TPSA) is 42.4 Å². The highest BCUT2D eigenvalue weighted by Crippen LogP contribution is 2.36. The number of rotatable bonds is 6. The molecule has 3 nitrogen and oxygen atoms in total. The second-order valence-electron chi connectivity index (χ2n) is 4.75. The van der Waals surface area contributed by atoms with E-state index in [4.69, 9.17) is 10.2 Å². The summed E-state index contributed by atoms with van der Waals surface area (Å²) in [6.07, 6.45) is 4.29. The van der Waals surface area contributed by atoms with Gasteiger partial charge in [-0.15, -0.1) is 11.3 Å². The van der Waals surface area contributed by atoms with E-state index >= 15 is 0 Å². The molecular formula is C14H18N2OS. The highest BCUT2D eigenvalue weighted by molar-refractivity contribution is 7.09. The predicted octanol–water partition coefficient (Wildman–Crippen LogP) is 3.01. The highest BCUT2D eigenvalue weighted by Gasteiger charge is 2.35. The summed E-state index contributed by atoms with van der Waals surface area (Å²) in [5, 5.41) is 2.13. The number of hydrogen-bond donors (Lipinski definition) is 1. The van der Waals surface area contributed by atoms with Crippen molar-refractivity contribution in [3.8, 4) is 0 Å². The van der Waals surface area contributed by atoms with E-state index in [0.29, 0.717) is 12.6 Å². The molecule has 96 valence electrons. The Kier molecular flexibility index (Phi) is 3.50. The Morgan fingerprint density at radius 3 is 2.83 bits per heavy atom. The van der Waals surface area contributed by atoms with Gasteiger partial charge in [0.1, 0.15) is 5.76 Å². The third kappa shape index (κ3) is 2.51. The molecule has 0 spiro atoms. The molecule has 1 unspecified atom stereocenters. The van der Waals surface area contributed by atoms with E-state index in [-0.39, 0.29) is 6.04 Å². The molecule has 0 amide bonds. The molecule has 0 aliphatic heterocycles. The third-order valence-electron chi connectivity index (χ3n) is 3.43. The van der Waals surface area contributed by atoms with Crippen LogP contribution in [0, 0.1) is 0 Å². The predicted molar refractivity (Wildman–Crippen MR) is 73.4 cm³/mol. The van der Waals surface area contributed by atoms with Gasteiger partial charge < -0.3 is 10.2 Å². The Balaban J connectivity index is 1.79. The molecule has 1 saturated carbocycles. The van der Waals surface area contributed by atoms with Gasteiger partial charge in [-0.1, -0.05) is 6.07 Å². The second kappa shape index (κ2) is 5.26. The summed E-state index contributed by atoms with van der Waals surface area (Å²) < 4.78 is 5.55. The fourth-order valence-electron chi connectivity index (χ4n) is 2.38. The number of thiophene rings is 1. The van der Waals surface area contributed by atoms with Gasteiger partial charge in [-0.3, -0.25) is 4.90 Å². The molecule has 2 heterocycles. The first-order chi connectivity index (χ1) is 8.88. The Labute approximate surface area is 111 Å². The van der Waals surface area contributed by atoms with Crippen LogP contribution in [0.25, 0.3) is 0 Å². The van der Waals surface area contributed by atoms with Crippen LogP contribution in [0.15, 0.2) is 40.3 Å². The van der Waals surface area contributed by atoms with Crippen LogP contribution in [-0.2, 0) is 6.54 Å². The van der Waals surface area contributed by atoms with Gasteiger partial charge in [0.15, 0.2) is 0 Å². The second-order valence-corrected chi connectivity index (χ2v) is 5.78. The summed E-state index contributed by atoms with van der Waals surface area (Å²) in [6.45, 7) is 1.58. The van der Waals surface area contributed by atoms with E-state index in [1.165, 1.54) is 17.7 Å². The fourth-order valence-corrected chi connectivity index (χ4v) is 3.09. The van der Waals surface area contributed by atoms with Gasteiger partial charge in [-0.25, -0.2) is 0 Å². The molecule has 0 aromatic carbocycles. The molecule has 0 radical (unpaired) electrons. The van der Waals surface area contributed by atoms with Crippen LogP contribution in [0.4, 0.5) is 0 Å². The Morgan fingerprint density at radius 1 is 1.39 bits per heavy atom. The summed E-state index contributed by atoms with van der Waals surface area (Å²) in [5.41, 5.74) is 5.96. The van der Waals surface area contributed by atoms with Gasteiger partial charge in [0.05, 0.1) is 12.3 Å². The molecule has 1 fully saturated rings. The summed E-state index contributed by atoms with van der Waals surface area (Å²) in [6, 6.07) is 9.14. The van der Waals surface area contributed by atoms with Crippen molar-refractivity contribution >= 4 is 11.3 Å². The van der Waals surface area contributed by atoms with Crippen molar-refractivity contribution in [3.63, 3.8) is 0 Å². The normalized spacial score (nSPS) is 17.2. The van der Waals surface area contributed by atoms with Crippen LogP contribution in [0.2, 0.25) is 0 Å². The molecule has 1 aliphatic carbocycles. The molecule has 1 atom stereocenters. The van der Waals surface area contributed by atoms with E-state index in [1.54, 1.807) is 6.26 Å². The Morgan fingerprint density at radius 2 is 2.28 bits per heavy atom. The molecule has 2 aromatic heterocycles. The van der Waals surface area contributed by atoms with Gasteiger partial charge in [-0.05, 0) is 36.4 Å². The first kappa shape index (κ1) is 12.0. The SMILES string of the molecule is NCC(c1ccco1)N(Cc1cccs1)C1CC1. The maximum Gasteiger partial charge on any atom is 0.122 e. The van der Waals surface area contributed by atoms with Gasteiger partial charge in [0.2, 0.25) is 0 Å². The van der Waals surface area contributed by atoms with Crippen LogP contribution >= 0.6 is 11.3 Å². The van der Waals surface area contributed by atoms with Crippen molar-refractivity contribution in [3.05, 3.63) is 46.5 Å². The summed E-state index contributed by atoms with van der Waals surface area (Å²) in [5.74, 6) is 0.987. The van der Waals surface area contributed by atoms with Gasteiger partial charge >= 0.3 is 0 Å². The lowest BCUT2D eigenvalue weighted by atomic mass is 10.1. The van der Waals surface area contributed by atoms with Crippen LogP contribution in [0.1, 0.15) is 29.5 Å². The zero-order valence-corrected chi connectivity index (χ0v) is 11.1. The van der Waals surface area contributed by atoms with Crippen molar-refractivity contribution in [2.45, 2.75) is 31.5 Å². The van der Waals surface area contributed by atoms with Gasteiger partial charge in [0, 0.05) is 24.0 Å². The maximum absolute atomic E-state index is 5.96. The van der Waals surface area contributed by atoms with E-state index in [9.17, 15) is 0 Å². The number of nitrogens with zero attached hydrogens (tertiary/aromatic N) is 1. The van der Waals surface area contributed by atoms with E-state index in [2.05, 4.69) is 22.4 Å². The zero-order chi connectivity index (χ0) is 12.4. The van der Waals surface area contributed by atoms with Crippen LogP contribution < -0.4 is 5.73 Å². The molecule has 18 heavy (non-hydrogen) atoms. The van der Waals surface area contributed by atoms with E-state index < -0.39 is 0 Å². The average molecular weight is 262 g/mol. The number of hydrogen-bond acceptors (Lipinski definition) is 4. The van der Waals surface area contributed by atoms with Crippen molar-refractivity contribution in [2.24, 2.45) is 5.73 Å².